The lowest BCUT2D eigenvalue weighted by atomic mass is 10.0. The maximum Gasteiger partial charge on any atom is 0.185 e. The van der Waals surface area contributed by atoms with Crippen LogP contribution in [0.3, 0.4) is 0 Å². The Morgan fingerprint density at radius 2 is 1.46 bits per heavy atom. The van der Waals surface area contributed by atoms with Crippen LogP contribution in [0.1, 0.15) is 58.3 Å². The Kier molecular flexibility index (Phi) is 11.1. The molecule has 0 bridgehead atoms. The number of aryl methyl sites for hydroxylation is 2. The minimum absolute atomic E-state index is 0.0831. The summed E-state index contributed by atoms with van der Waals surface area (Å²) in [6.45, 7) is 7.31. The summed E-state index contributed by atoms with van der Waals surface area (Å²) < 4.78 is 24.3. The number of rotatable bonds is 15. The van der Waals surface area contributed by atoms with Crippen molar-refractivity contribution in [3.63, 3.8) is 0 Å². The van der Waals surface area contributed by atoms with Crippen LogP contribution in [0, 0.1) is 20.8 Å². The molecule has 0 unspecified atom stereocenters. The van der Waals surface area contributed by atoms with E-state index in [1.807, 2.05) is 50.2 Å². The van der Waals surface area contributed by atoms with Gasteiger partial charge in [-0.05, 0) is 129 Å². The molecule has 7 heteroatoms. The molecule has 0 aliphatic heterocycles. The van der Waals surface area contributed by atoms with Gasteiger partial charge in [-0.2, -0.15) is 0 Å². The van der Waals surface area contributed by atoms with Gasteiger partial charge in [-0.25, -0.2) is 4.98 Å². The van der Waals surface area contributed by atoms with Crippen LogP contribution in [0.15, 0.2) is 78.9 Å². The number of hydrogen-bond donors (Lipinski definition) is 0. The van der Waals surface area contributed by atoms with Crippen LogP contribution in [0.4, 0.5) is 0 Å². The number of benzene rings is 4. The van der Waals surface area contributed by atoms with Gasteiger partial charge in [0.25, 0.3) is 0 Å². The summed E-state index contributed by atoms with van der Waals surface area (Å²) in [4.78, 5) is 17.6. The van der Waals surface area contributed by atoms with E-state index in [-0.39, 0.29) is 5.78 Å². The fourth-order valence-corrected chi connectivity index (χ4v) is 6.18. The highest BCUT2D eigenvalue weighted by Crippen LogP contribution is 2.33. The molecular formula is C39H41NO5S. The second-order valence-corrected chi connectivity index (χ2v) is 12.3. The number of para-hydroxylation sites is 1. The Morgan fingerprint density at radius 3 is 2.17 bits per heavy atom. The topological polar surface area (TPSA) is 66.9 Å². The van der Waals surface area contributed by atoms with Crippen molar-refractivity contribution in [3.05, 3.63) is 107 Å². The third kappa shape index (κ3) is 8.15. The van der Waals surface area contributed by atoms with E-state index in [0.717, 1.165) is 69.8 Å². The minimum atomic E-state index is -0.0831. The number of hydrogen-bond acceptors (Lipinski definition) is 7. The average molecular weight is 636 g/mol. The van der Waals surface area contributed by atoms with Crippen molar-refractivity contribution in [2.45, 2.75) is 46.5 Å². The van der Waals surface area contributed by atoms with Crippen molar-refractivity contribution >= 4 is 33.4 Å². The zero-order valence-corrected chi connectivity index (χ0v) is 28.0. The fraction of sp³-hybridized carbons (Fsp3) is 0.282. The summed E-state index contributed by atoms with van der Waals surface area (Å²) in [6.07, 6.45) is 7.36. The van der Waals surface area contributed by atoms with Gasteiger partial charge in [0.2, 0.25) is 0 Å². The predicted octanol–water partition coefficient (Wildman–Crippen LogP) is 9.82. The second-order valence-electron chi connectivity index (χ2n) is 11.3. The molecule has 0 radical (unpaired) electrons. The van der Waals surface area contributed by atoms with Crippen molar-refractivity contribution in [1.29, 1.82) is 0 Å². The number of allylic oxidation sites excluding steroid dienone is 1. The monoisotopic (exact) mass is 635 g/mol. The van der Waals surface area contributed by atoms with Gasteiger partial charge >= 0.3 is 0 Å². The Balaban J connectivity index is 1.05. The van der Waals surface area contributed by atoms with Crippen LogP contribution < -0.4 is 18.9 Å². The van der Waals surface area contributed by atoms with Gasteiger partial charge in [0.15, 0.2) is 17.3 Å². The molecule has 5 aromatic rings. The molecule has 0 N–H and O–H groups in total. The zero-order valence-electron chi connectivity index (χ0n) is 27.2. The Bertz CT molecular complexity index is 1810. The number of fused-ring (bicyclic) bond motifs is 1. The lowest BCUT2D eigenvalue weighted by Gasteiger charge is -2.12. The van der Waals surface area contributed by atoms with Crippen LogP contribution in [0.5, 0.6) is 23.0 Å². The molecule has 4 aromatic carbocycles. The molecule has 46 heavy (non-hydrogen) atoms. The van der Waals surface area contributed by atoms with Crippen molar-refractivity contribution in [2.75, 3.05) is 27.4 Å². The number of aromatic nitrogens is 1. The second kappa shape index (κ2) is 15.6. The summed E-state index contributed by atoms with van der Waals surface area (Å²) in [7, 11) is 3.25. The third-order valence-electron chi connectivity index (χ3n) is 8.01. The molecule has 1 heterocycles. The highest BCUT2D eigenvalue weighted by Gasteiger charge is 2.11. The molecule has 238 valence electrons. The average Bonchev–Trinajstić information content (AvgIpc) is 3.51. The van der Waals surface area contributed by atoms with E-state index in [1.165, 1.54) is 4.70 Å². The van der Waals surface area contributed by atoms with E-state index in [0.29, 0.717) is 36.0 Å². The molecule has 0 fully saturated rings. The van der Waals surface area contributed by atoms with E-state index in [1.54, 1.807) is 43.8 Å². The summed E-state index contributed by atoms with van der Waals surface area (Å²) in [5.41, 5.74) is 6.79. The summed E-state index contributed by atoms with van der Waals surface area (Å²) in [6, 6.07) is 23.9. The molecule has 5 rings (SSSR count). The van der Waals surface area contributed by atoms with Gasteiger partial charge in [-0.15, -0.1) is 11.3 Å². The van der Waals surface area contributed by atoms with Crippen molar-refractivity contribution in [3.8, 4) is 33.6 Å². The van der Waals surface area contributed by atoms with E-state index in [4.69, 9.17) is 23.9 Å². The van der Waals surface area contributed by atoms with E-state index >= 15 is 0 Å². The Morgan fingerprint density at radius 1 is 0.739 bits per heavy atom. The first-order chi connectivity index (χ1) is 22.4. The Hall–Kier alpha value is -4.62. The van der Waals surface area contributed by atoms with E-state index in [9.17, 15) is 4.79 Å². The van der Waals surface area contributed by atoms with Crippen molar-refractivity contribution in [2.24, 2.45) is 0 Å². The molecule has 0 saturated carbocycles. The van der Waals surface area contributed by atoms with Gasteiger partial charge in [-0.3, -0.25) is 4.79 Å². The highest BCUT2D eigenvalue weighted by atomic mass is 32.1. The Labute approximate surface area is 275 Å². The maximum atomic E-state index is 12.9. The third-order valence-corrected chi connectivity index (χ3v) is 9.09. The van der Waals surface area contributed by atoms with Crippen molar-refractivity contribution < 1.29 is 23.7 Å². The van der Waals surface area contributed by atoms with Crippen LogP contribution in [0.2, 0.25) is 0 Å². The number of nitrogens with zero attached hydrogens (tertiary/aromatic N) is 1. The molecule has 0 spiro atoms. The number of thiazole rings is 1. The number of ether oxygens (including phenoxy) is 4. The lowest BCUT2D eigenvalue weighted by molar-refractivity contribution is 0.104. The summed E-state index contributed by atoms with van der Waals surface area (Å²) >= 11 is 1.71. The van der Waals surface area contributed by atoms with Crippen LogP contribution in [0.25, 0.3) is 26.9 Å². The van der Waals surface area contributed by atoms with Gasteiger partial charge < -0.3 is 18.9 Å². The lowest BCUT2D eigenvalue weighted by Crippen LogP contribution is -2.02. The molecule has 0 aliphatic carbocycles. The van der Waals surface area contributed by atoms with Gasteiger partial charge in [0.1, 0.15) is 16.5 Å². The summed E-state index contributed by atoms with van der Waals surface area (Å²) in [5.74, 6) is 2.88. The molecule has 0 aliphatic rings. The first-order valence-corrected chi connectivity index (χ1v) is 16.5. The predicted molar refractivity (Wildman–Crippen MR) is 188 cm³/mol. The molecule has 1 aromatic heterocycles. The molecule has 0 saturated heterocycles. The van der Waals surface area contributed by atoms with E-state index < -0.39 is 0 Å². The van der Waals surface area contributed by atoms with Gasteiger partial charge in [-0.1, -0.05) is 24.3 Å². The van der Waals surface area contributed by atoms with Gasteiger partial charge in [0, 0.05) is 11.1 Å². The van der Waals surface area contributed by atoms with Gasteiger partial charge in [0.05, 0.1) is 37.6 Å². The zero-order chi connectivity index (χ0) is 32.5. The smallest absolute Gasteiger partial charge is 0.185 e. The quantitative estimate of drug-likeness (QED) is 0.0648. The first kappa shape index (κ1) is 32.8. The molecule has 0 amide bonds. The molecule has 6 nitrogen and oxygen atoms in total. The SMILES string of the molecule is COc1ccc(/C=C/C(=O)c2cc(C)c(C)c(OC)c2)cc1OCCCCCCOc1ccc(-c2nc3ccccc3s2)cc1C. The largest absolute Gasteiger partial charge is 0.496 e. The van der Waals surface area contributed by atoms with Crippen LogP contribution >= 0.6 is 11.3 Å². The standard InChI is InChI=1S/C39H41NO5S/c1-26-22-31(25-36(43-5)28(26)3)33(41)17-14-29-15-18-35(42-4)37(24-29)45-21-11-7-6-10-20-44-34-19-16-30(23-27(34)2)39-40-32-12-8-9-13-38(32)46-39/h8-9,12-19,22-25H,6-7,10-11,20-21H2,1-5H3/b17-14+. The maximum absolute atomic E-state index is 12.9. The van der Waals surface area contributed by atoms with E-state index in [2.05, 4.69) is 37.3 Å². The highest BCUT2D eigenvalue weighted by molar-refractivity contribution is 7.21. The normalized spacial score (nSPS) is 11.2. The fourth-order valence-electron chi connectivity index (χ4n) is 5.22. The molecular weight excluding hydrogens is 594 g/mol. The van der Waals surface area contributed by atoms with Crippen LogP contribution in [-0.2, 0) is 0 Å². The molecule has 0 atom stereocenters. The number of ketones is 1. The van der Waals surface area contributed by atoms with Crippen LogP contribution in [-0.4, -0.2) is 38.2 Å². The van der Waals surface area contributed by atoms with Crippen molar-refractivity contribution in [1.82, 2.24) is 4.98 Å². The summed E-state index contributed by atoms with van der Waals surface area (Å²) in [5, 5.41) is 1.03. The first-order valence-electron chi connectivity index (χ1n) is 15.6. The number of unbranched alkanes of at least 4 members (excludes halogenated alkanes) is 3. The minimum Gasteiger partial charge on any atom is -0.496 e. The number of methoxy groups -OCH3 is 2. The number of carbonyl (C=O) groups is 1. The number of carbonyl (C=O) groups excluding carboxylic acids is 1.